The maximum atomic E-state index is 12.0. The van der Waals surface area contributed by atoms with Crippen LogP contribution >= 0.6 is 34.5 Å². The second-order valence-electron chi connectivity index (χ2n) is 4.05. The Morgan fingerprint density at radius 2 is 1.86 bits per heavy atom. The summed E-state index contributed by atoms with van der Waals surface area (Å²) >= 11 is 12.6. The third-order valence-corrected chi connectivity index (χ3v) is 5.95. The number of hydrogen-bond donors (Lipinski definition) is 2. The summed E-state index contributed by atoms with van der Waals surface area (Å²) in [6, 6.07) is 6.65. The van der Waals surface area contributed by atoms with Crippen LogP contribution in [-0.4, -0.2) is 14.4 Å². The van der Waals surface area contributed by atoms with Gasteiger partial charge in [-0.3, -0.25) is 0 Å². The number of carbonyl (C=O) groups is 1. The largest absolute Gasteiger partial charge is 1.00 e. The van der Waals surface area contributed by atoms with Gasteiger partial charge in [0.1, 0.15) is 4.21 Å². The fraction of sp³-hybridized carbons (Fsp3) is 0.0833. The number of halogens is 2. The van der Waals surface area contributed by atoms with E-state index in [9.17, 15) is 13.2 Å². The van der Waals surface area contributed by atoms with Crippen LogP contribution < -0.4 is 39.6 Å². The van der Waals surface area contributed by atoms with Crippen LogP contribution in [0, 0.1) is 6.92 Å². The van der Waals surface area contributed by atoms with Crippen LogP contribution in [0.1, 0.15) is 6.30 Å². The van der Waals surface area contributed by atoms with E-state index < -0.39 is 16.1 Å². The van der Waals surface area contributed by atoms with Gasteiger partial charge in [-0.05, 0) is 37.3 Å². The summed E-state index contributed by atoms with van der Waals surface area (Å²) < 4.78 is 25.9. The van der Waals surface area contributed by atoms with E-state index in [1.165, 1.54) is 24.3 Å². The topological polar surface area (TPSA) is 75.3 Å². The second-order valence-corrected chi connectivity index (χ2v) is 8.07. The van der Waals surface area contributed by atoms with E-state index in [4.69, 9.17) is 23.2 Å². The molecule has 0 spiro atoms. The molecule has 22 heavy (non-hydrogen) atoms. The number of aryl methyl sites for hydroxylation is 1. The van der Waals surface area contributed by atoms with E-state index in [-0.39, 0.29) is 40.2 Å². The second kappa shape index (κ2) is 8.01. The summed E-state index contributed by atoms with van der Waals surface area (Å²) in [4.78, 5) is 12.6. The molecular weight excluding hydrogens is 378 g/mol. The number of nitrogens with one attached hydrogen (secondary N) is 2. The first-order valence-corrected chi connectivity index (χ1v) is 8.69. The molecule has 0 atom stereocenters. The van der Waals surface area contributed by atoms with Gasteiger partial charge in [0.05, 0.1) is 10.0 Å². The first-order chi connectivity index (χ1) is 9.78. The van der Waals surface area contributed by atoms with Crippen LogP contribution in [0.2, 0.25) is 10.0 Å². The third kappa shape index (κ3) is 5.13. The molecule has 2 rings (SSSR count). The average Bonchev–Trinajstić information content (AvgIpc) is 2.81. The standard InChI is InChI=1S/C12H10Cl2N2O3S2.Na.H/c1-7-2-5-11(20-7)21(18,19)16-12(17)15-8-3-4-9(13)10(14)6-8;;/h2-6H,1H3,(H2,15,16,17);;/q;+1;-1. The molecule has 114 valence electrons. The Kier molecular flexibility index (Phi) is 7.20. The zero-order valence-electron chi connectivity index (χ0n) is 12.7. The molecule has 5 nitrogen and oxygen atoms in total. The van der Waals surface area contributed by atoms with Crippen LogP contribution in [0.15, 0.2) is 34.5 Å². The number of rotatable bonds is 3. The molecule has 0 saturated carbocycles. The van der Waals surface area contributed by atoms with Gasteiger partial charge in [-0.15, -0.1) is 11.3 Å². The molecule has 0 saturated heterocycles. The molecule has 0 bridgehead atoms. The van der Waals surface area contributed by atoms with Crippen molar-refractivity contribution in [1.29, 1.82) is 0 Å². The molecule has 0 aliphatic carbocycles. The Labute approximate surface area is 165 Å². The Morgan fingerprint density at radius 1 is 1.18 bits per heavy atom. The Bertz CT molecular complexity index is 799. The van der Waals surface area contributed by atoms with Crippen molar-refractivity contribution in [2.24, 2.45) is 0 Å². The number of carbonyl (C=O) groups excluding carboxylic acids is 1. The van der Waals surface area contributed by atoms with Crippen LogP contribution in [-0.2, 0) is 10.0 Å². The number of urea groups is 1. The number of hydrogen-bond acceptors (Lipinski definition) is 4. The van der Waals surface area contributed by atoms with Crippen LogP contribution in [0.4, 0.5) is 10.5 Å². The monoisotopic (exact) mass is 388 g/mol. The maximum Gasteiger partial charge on any atom is 1.00 e. The van der Waals surface area contributed by atoms with Gasteiger partial charge in [-0.1, -0.05) is 23.2 Å². The fourth-order valence-corrected chi connectivity index (χ4v) is 3.95. The van der Waals surface area contributed by atoms with Gasteiger partial charge in [0.15, 0.2) is 0 Å². The molecule has 2 N–H and O–H groups in total. The van der Waals surface area contributed by atoms with Gasteiger partial charge in [0.2, 0.25) is 0 Å². The van der Waals surface area contributed by atoms with E-state index in [0.29, 0.717) is 10.7 Å². The summed E-state index contributed by atoms with van der Waals surface area (Å²) in [5, 5.41) is 2.97. The van der Waals surface area contributed by atoms with Crippen LogP contribution in [0.5, 0.6) is 0 Å². The van der Waals surface area contributed by atoms with Gasteiger partial charge in [-0.25, -0.2) is 17.9 Å². The van der Waals surface area contributed by atoms with E-state index in [1.54, 1.807) is 13.0 Å². The van der Waals surface area contributed by atoms with Crippen molar-refractivity contribution in [3.05, 3.63) is 45.3 Å². The Morgan fingerprint density at radius 3 is 2.41 bits per heavy atom. The molecule has 2 amide bonds. The SMILES string of the molecule is Cc1ccc(S(=O)(=O)NC(=O)Nc2ccc(Cl)c(Cl)c2)s1.[H-].[Na+]. The predicted molar refractivity (Wildman–Crippen MR) is 86.0 cm³/mol. The van der Waals surface area contributed by atoms with Crippen molar-refractivity contribution in [3.63, 3.8) is 0 Å². The smallest absolute Gasteiger partial charge is 1.00 e. The minimum Gasteiger partial charge on any atom is -1.00 e. The zero-order chi connectivity index (χ0) is 15.6. The molecule has 0 fully saturated rings. The molecule has 0 aliphatic heterocycles. The zero-order valence-corrected chi connectivity index (χ0v) is 16.8. The van der Waals surface area contributed by atoms with Crippen LogP contribution in [0.3, 0.4) is 0 Å². The normalized spacial score (nSPS) is 10.7. The number of anilines is 1. The fourth-order valence-electron chi connectivity index (χ4n) is 1.46. The molecular formula is C12H11Cl2N2NaO3S2. The van der Waals surface area contributed by atoms with Crippen molar-refractivity contribution in [1.82, 2.24) is 4.72 Å². The molecule has 0 unspecified atom stereocenters. The van der Waals surface area contributed by atoms with Crippen LogP contribution in [0.25, 0.3) is 0 Å². The van der Waals surface area contributed by atoms with Crippen molar-refractivity contribution in [2.45, 2.75) is 11.1 Å². The Hall–Kier alpha value is -0.280. The van der Waals surface area contributed by atoms with Crippen molar-refractivity contribution in [3.8, 4) is 0 Å². The van der Waals surface area contributed by atoms with Crippen molar-refractivity contribution in [2.75, 3.05) is 5.32 Å². The molecule has 2 aromatic rings. The number of sulfonamides is 1. The summed E-state index contributed by atoms with van der Waals surface area (Å²) in [5.74, 6) is 0. The average molecular weight is 389 g/mol. The van der Waals surface area contributed by atoms with Gasteiger partial charge >= 0.3 is 35.6 Å². The number of amides is 2. The van der Waals surface area contributed by atoms with Gasteiger partial charge in [0.25, 0.3) is 10.0 Å². The van der Waals surface area contributed by atoms with Crippen molar-refractivity contribution < 1.29 is 44.2 Å². The first-order valence-electron chi connectivity index (χ1n) is 5.63. The van der Waals surface area contributed by atoms with E-state index in [0.717, 1.165) is 16.2 Å². The van der Waals surface area contributed by atoms with E-state index in [2.05, 4.69) is 5.32 Å². The molecule has 1 aromatic carbocycles. The summed E-state index contributed by atoms with van der Waals surface area (Å²) in [5.41, 5.74) is 0.333. The quantitative estimate of drug-likeness (QED) is 0.769. The maximum absolute atomic E-state index is 12.0. The molecule has 0 aliphatic rings. The molecule has 0 radical (unpaired) electrons. The first kappa shape index (κ1) is 19.8. The van der Waals surface area contributed by atoms with Gasteiger partial charge < -0.3 is 6.74 Å². The predicted octanol–water partition coefficient (Wildman–Crippen LogP) is 0.990. The van der Waals surface area contributed by atoms with Gasteiger partial charge in [0, 0.05) is 10.6 Å². The summed E-state index contributed by atoms with van der Waals surface area (Å²) in [7, 11) is -3.88. The van der Waals surface area contributed by atoms with Crippen molar-refractivity contribution >= 4 is 56.3 Å². The molecule has 1 heterocycles. The number of thiophene rings is 1. The molecule has 10 heteroatoms. The van der Waals surface area contributed by atoms with Gasteiger partial charge in [-0.2, -0.15) is 0 Å². The molecule has 1 aromatic heterocycles. The third-order valence-electron chi connectivity index (χ3n) is 2.39. The summed E-state index contributed by atoms with van der Waals surface area (Å²) in [6.07, 6.45) is 0. The van der Waals surface area contributed by atoms with E-state index in [1.807, 2.05) is 4.72 Å². The minimum absolute atomic E-state index is 0. The number of benzene rings is 1. The van der Waals surface area contributed by atoms with E-state index >= 15 is 0 Å². The minimum atomic E-state index is -3.88. The summed E-state index contributed by atoms with van der Waals surface area (Å²) in [6.45, 7) is 1.78. The Balaban J connectivity index is 0.00000242.